The fourth-order valence-corrected chi connectivity index (χ4v) is 0.707. The van der Waals surface area contributed by atoms with Gasteiger partial charge in [0.2, 0.25) is 0 Å². The van der Waals surface area contributed by atoms with E-state index in [2.05, 4.69) is 9.97 Å². The summed E-state index contributed by atoms with van der Waals surface area (Å²) in [6, 6.07) is 1.71. The van der Waals surface area contributed by atoms with Gasteiger partial charge < -0.3 is 5.11 Å². The van der Waals surface area contributed by atoms with Gasteiger partial charge in [-0.2, -0.15) is 0 Å². The van der Waals surface area contributed by atoms with Crippen LogP contribution >= 0.6 is 0 Å². The maximum atomic E-state index is 9.06. The first-order chi connectivity index (χ1) is 4.70. The van der Waals surface area contributed by atoms with Crippen LogP contribution in [0.15, 0.2) is 12.3 Å². The molecule has 3 heteroatoms. The highest BCUT2D eigenvalue weighted by Gasteiger charge is 2.00. The lowest BCUT2D eigenvalue weighted by atomic mass is 10.3. The van der Waals surface area contributed by atoms with Gasteiger partial charge in [0.05, 0.1) is 11.8 Å². The average Bonchev–Trinajstić information content (AvgIpc) is 1.88. The van der Waals surface area contributed by atoms with E-state index in [9.17, 15) is 0 Å². The van der Waals surface area contributed by atoms with Gasteiger partial charge >= 0.3 is 0 Å². The van der Waals surface area contributed by atoms with Crippen molar-refractivity contribution in [2.75, 3.05) is 0 Å². The molecule has 0 radical (unpaired) electrons. The summed E-state index contributed by atoms with van der Waals surface area (Å²) < 4.78 is 0. The first-order valence-corrected chi connectivity index (χ1v) is 3.18. The van der Waals surface area contributed by atoms with Gasteiger partial charge in [-0.05, 0) is 19.9 Å². The number of hydrogen-bond donors (Lipinski definition) is 1. The van der Waals surface area contributed by atoms with Crippen LogP contribution in [0.2, 0.25) is 0 Å². The van der Waals surface area contributed by atoms with Crippen molar-refractivity contribution in [3.05, 3.63) is 23.8 Å². The fourth-order valence-electron chi connectivity index (χ4n) is 0.707. The SMILES string of the molecule is Cc1nccc(C(C)O)n1. The predicted molar refractivity (Wildman–Crippen MR) is 37.4 cm³/mol. The lowest BCUT2D eigenvalue weighted by molar-refractivity contribution is 0.194. The molecule has 0 fully saturated rings. The molecule has 54 valence electrons. The molecule has 1 rings (SSSR count). The third kappa shape index (κ3) is 1.51. The van der Waals surface area contributed by atoms with Crippen molar-refractivity contribution in [2.45, 2.75) is 20.0 Å². The standard InChI is InChI=1S/C7H10N2O/c1-5(10)7-3-4-8-6(2)9-7/h3-5,10H,1-2H3. The lowest BCUT2D eigenvalue weighted by Crippen LogP contribution is -1.97. The van der Waals surface area contributed by atoms with Gasteiger partial charge in [-0.15, -0.1) is 0 Å². The van der Waals surface area contributed by atoms with Crippen LogP contribution in [-0.4, -0.2) is 15.1 Å². The highest BCUT2D eigenvalue weighted by atomic mass is 16.3. The minimum absolute atomic E-state index is 0.498. The Kier molecular flexibility index (Phi) is 1.97. The molecule has 1 unspecified atom stereocenters. The minimum Gasteiger partial charge on any atom is -0.387 e. The first-order valence-electron chi connectivity index (χ1n) is 3.18. The largest absolute Gasteiger partial charge is 0.387 e. The van der Waals surface area contributed by atoms with Crippen LogP contribution in [0.1, 0.15) is 24.5 Å². The van der Waals surface area contributed by atoms with Crippen LogP contribution in [0.5, 0.6) is 0 Å². The number of aliphatic hydroxyl groups excluding tert-OH is 1. The average molecular weight is 138 g/mol. The van der Waals surface area contributed by atoms with Crippen molar-refractivity contribution in [2.24, 2.45) is 0 Å². The Morgan fingerprint density at radius 2 is 2.30 bits per heavy atom. The molecule has 10 heavy (non-hydrogen) atoms. The molecular weight excluding hydrogens is 128 g/mol. The van der Waals surface area contributed by atoms with Crippen LogP contribution in [0.3, 0.4) is 0 Å². The van der Waals surface area contributed by atoms with Crippen LogP contribution in [0.4, 0.5) is 0 Å². The highest BCUT2D eigenvalue weighted by Crippen LogP contribution is 2.06. The molecule has 1 atom stereocenters. The van der Waals surface area contributed by atoms with Crippen molar-refractivity contribution in [3.8, 4) is 0 Å². The summed E-state index contributed by atoms with van der Waals surface area (Å²) in [5.74, 6) is 0.693. The van der Waals surface area contributed by atoms with Crippen LogP contribution in [-0.2, 0) is 0 Å². The van der Waals surface area contributed by atoms with Gasteiger partial charge in [0.1, 0.15) is 5.82 Å². The maximum absolute atomic E-state index is 9.06. The molecule has 1 heterocycles. The summed E-state index contributed by atoms with van der Waals surface area (Å²) in [6.45, 7) is 3.48. The normalized spacial score (nSPS) is 13.1. The number of hydrogen-bond acceptors (Lipinski definition) is 3. The molecule has 0 saturated carbocycles. The number of rotatable bonds is 1. The Hall–Kier alpha value is -0.960. The van der Waals surface area contributed by atoms with E-state index in [1.165, 1.54) is 0 Å². The molecule has 1 aromatic heterocycles. The van der Waals surface area contributed by atoms with Crippen molar-refractivity contribution < 1.29 is 5.11 Å². The molecule has 0 aromatic carbocycles. The smallest absolute Gasteiger partial charge is 0.125 e. The van der Waals surface area contributed by atoms with Crippen molar-refractivity contribution in [3.63, 3.8) is 0 Å². The molecule has 0 bridgehead atoms. The molecule has 0 aliphatic carbocycles. The minimum atomic E-state index is -0.498. The summed E-state index contributed by atoms with van der Waals surface area (Å²) in [4.78, 5) is 7.91. The Morgan fingerprint density at radius 3 is 2.70 bits per heavy atom. The van der Waals surface area contributed by atoms with Crippen LogP contribution in [0, 0.1) is 6.92 Å². The number of aryl methyl sites for hydroxylation is 1. The number of aliphatic hydroxyl groups is 1. The van der Waals surface area contributed by atoms with E-state index in [0.29, 0.717) is 11.5 Å². The molecule has 0 spiro atoms. The summed E-state index contributed by atoms with van der Waals surface area (Å²) >= 11 is 0. The zero-order valence-electron chi connectivity index (χ0n) is 6.07. The monoisotopic (exact) mass is 138 g/mol. The van der Waals surface area contributed by atoms with Crippen LogP contribution in [0.25, 0.3) is 0 Å². The molecule has 0 saturated heterocycles. The van der Waals surface area contributed by atoms with Crippen molar-refractivity contribution in [1.82, 2.24) is 9.97 Å². The Morgan fingerprint density at radius 1 is 1.60 bits per heavy atom. The predicted octanol–water partition coefficient (Wildman–Crippen LogP) is 0.838. The molecule has 1 aromatic rings. The van der Waals surface area contributed by atoms with Gasteiger partial charge in [-0.25, -0.2) is 9.97 Å². The summed E-state index contributed by atoms with van der Waals surface area (Å²) in [5.41, 5.74) is 0.674. The lowest BCUT2D eigenvalue weighted by Gasteiger charge is -2.01. The Balaban J connectivity index is 2.96. The van der Waals surface area contributed by atoms with E-state index in [1.54, 1.807) is 26.1 Å². The highest BCUT2D eigenvalue weighted by molar-refractivity contribution is 5.03. The Bertz CT molecular complexity index is 223. The van der Waals surface area contributed by atoms with Crippen molar-refractivity contribution in [1.29, 1.82) is 0 Å². The summed E-state index contributed by atoms with van der Waals surface area (Å²) in [7, 11) is 0. The summed E-state index contributed by atoms with van der Waals surface area (Å²) in [5, 5.41) is 9.06. The van der Waals surface area contributed by atoms with Gasteiger partial charge in [0, 0.05) is 6.20 Å². The zero-order chi connectivity index (χ0) is 7.56. The van der Waals surface area contributed by atoms with Crippen molar-refractivity contribution >= 4 is 0 Å². The maximum Gasteiger partial charge on any atom is 0.125 e. The van der Waals surface area contributed by atoms with Gasteiger partial charge in [-0.3, -0.25) is 0 Å². The number of nitrogens with zero attached hydrogens (tertiary/aromatic N) is 2. The van der Waals surface area contributed by atoms with Gasteiger partial charge in [-0.1, -0.05) is 0 Å². The van der Waals surface area contributed by atoms with E-state index in [1.807, 2.05) is 0 Å². The fraction of sp³-hybridized carbons (Fsp3) is 0.429. The third-order valence-electron chi connectivity index (χ3n) is 1.23. The van der Waals surface area contributed by atoms with E-state index in [-0.39, 0.29) is 0 Å². The number of aromatic nitrogens is 2. The zero-order valence-corrected chi connectivity index (χ0v) is 6.07. The second kappa shape index (κ2) is 2.75. The Labute approximate surface area is 59.8 Å². The molecular formula is C7H10N2O. The summed E-state index contributed by atoms with van der Waals surface area (Å²) in [6.07, 6.45) is 1.14. The molecule has 1 N–H and O–H groups in total. The second-order valence-corrected chi connectivity index (χ2v) is 2.20. The van der Waals surface area contributed by atoms with E-state index >= 15 is 0 Å². The van der Waals surface area contributed by atoms with Gasteiger partial charge in [0.25, 0.3) is 0 Å². The van der Waals surface area contributed by atoms with Crippen LogP contribution < -0.4 is 0 Å². The van der Waals surface area contributed by atoms with E-state index < -0.39 is 6.10 Å². The first kappa shape index (κ1) is 7.15. The van der Waals surface area contributed by atoms with E-state index in [4.69, 9.17) is 5.11 Å². The molecule has 0 amide bonds. The molecule has 0 aliphatic heterocycles. The second-order valence-electron chi connectivity index (χ2n) is 2.20. The van der Waals surface area contributed by atoms with Gasteiger partial charge in [0.15, 0.2) is 0 Å². The topological polar surface area (TPSA) is 46.0 Å². The quantitative estimate of drug-likeness (QED) is 0.625. The van der Waals surface area contributed by atoms with E-state index in [0.717, 1.165) is 0 Å². The molecule has 0 aliphatic rings. The third-order valence-corrected chi connectivity index (χ3v) is 1.23. The molecule has 3 nitrogen and oxygen atoms in total.